The number of ether oxygens (including phenoxy) is 1. The predicted molar refractivity (Wildman–Crippen MR) is 77.6 cm³/mol. The van der Waals surface area contributed by atoms with E-state index in [0.29, 0.717) is 12.6 Å². The smallest absolute Gasteiger partial charge is 0.0716 e. The van der Waals surface area contributed by atoms with Crippen LogP contribution in [0, 0.1) is 0 Å². The van der Waals surface area contributed by atoms with Crippen molar-refractivity contribution in [3.63, 3.8) is 0 Å². The maximum Gasteiger partial charge on any atom is 0.0716 e. The molecule has 0 radical (unpaired) electrons. The van der Waals surface area contributed by atoms with Crippen molar-refractivity contribution in [1.82, 2.24) is 5.32 Å². The fraction of sp³-hybridized carbons (Fsp3) is 0.625. The van der Waals surface area contributed by atoms with E-state index in [1.165, 1.54) is 36.8 Å². The van der Waals surface area contributed by atoms with Crippen LogP contribution in [0.2, 0.25) is 0 Å². The lowest BCUT2D eigenvalue weighted by Gasteiger charge is -2.18. The topological polar surface area (TPSA) is 21.3 Å². The van der Waals surface area contributed by atoms with E-state index in [1.807, 2.05) is 0 Å². The average Bonchev–Trinajstić information content (AvgIpc) is 2.41. The number of nitrogens with one attached hydrogen (secondary N) is 1. The Bertz CT molecular complexity index is 325. The van der Waals surface area contributed by atoms with Gasteiger partial charge < -0.3 is 10.1 Å². The van der Waals surface area contributed by atoms with Crippen molar-refractivity contribution in [1.29, 1.82) is 0 Å². The van der Waals surface area contributed by atoms with Gasteiger partial charge in [-0.15, -0.1) is 0 Å². The molecule has 1 aromatic rings. The fourth-order valence-corrected chi connectivity index (χ4v) is 2.18. The van der Waals surface area contributed by atoms with Gasteiger partial charge in [-0.1, -0.05) is 51.0 Å². The number of unbranched alkanes of at least 4 members (excludes halogenated alkanes) is 1. The highest BCUT2D eigenvalue weighted by molar-refractivity contribution is 5.26. The number of methoxy groups -OCH3 is 1. The SMILES string of the molecule is CCCCC(CC)NCc1ccccc1COC. The highest BCUT2D eigenvalue weighted by atomic mass is 16.5. The van der Waals surface area contributed by atoms with E-state index < -0.39 is 0 Å². The van der Waals surface area contributed by atoms with Gasteiger partial charge >= 0.3 is 0 Å². The molecular weight excluding hydrogens is 222 g/mol. The molecule has 0 heterocycles. The van der Waals surface area contributed by atoms with Crippen molar-refractivity contribution in [2.24, 2.45) is 0 Å². The molecule has 2 heteroatoms. The summed E-state index contributed by atoms with van der Waals surface area (Å²) in [6, 6.07) is 9.15. The lowest BCUT2D eigenvalue weighted by Crippen LogP contribution is -2.28. The van der Waals surface area contributed by atoms with Gasteiger partial charge in [-0.05, 0) is 24.0 Å². The minimum atomic E-state index is 0.639. The molecule has 0 saturated heterocycles. The monoisotopic (exact) mass is 249 g/mol. The molecule has 2 nitrogen and oxygen atoms in total. The van der Waals surface area contributed by atoms with Gasteiger partial charge in [-0.25, -0.2) is 0 Å². The first-order valence-electron chi connectivity index (χ1n) is 7.10. The van der Waals surface area contributed by atoms with Crippen LogP contribution in [0.1, 0.15) is 50.7 Å². The Morgan fingerprint density at radius 2 is 1.89 bits per heavy atom. The van der Waals surface area contributed by atoms with Crippen molar-refractivity contribution >= 4 is 0 Å². The summed E-state index contributed by atoms with van der Waals surface area (Å²) in [5.41, 5.74) is 2.65. The van der Waals surface area contributed by atoms with Gasteiger partial charge in [-0.2, -0.15) is 0 Å². The molecule has 0 aliphatic carbocycles. The summed E-state index contributed by atoms with van der Waals surface area (Å²) in [5, 5.41) is 3.66. The molecule has 102 valence electrons. The van der Waals surface area contributed by atoms with Gasteiger partial charge in [0.2, 0.25) is 0 Å². The van der Waals surface area contributed by atoms with Crippen LogP contribution < -0.4 is 5.32 Å². The highest BCUT2D eigenvalue weighted by Crippen LogP contribution is 2.11. The summed E-state index contributed by atoms with van der Waals surface area (Å²) >= 11 is 0. The molecule has 1 atom stereocenters. The van der Waals surface area contributed by atoms with Crippen molar-refractivity contribution in [2.45, 2.75) is 58.7 Å². The maximum absolute atomic E-state index is 5.24. The molecule has 18 heavy (non-hydrogen) atoms. The van der Waals surface area contributed by atoms with Crippen LogP contribution in [0.4, 0.5) is 0 Å². The van der Waals surface area contributed by atoms with Crippen LogP contribution in [-0.2, 0) is 17.9 Å². The Morgan fingerprint density at radius 3 is 2.50 bits per heavy atom. The van der Waals surface area contributed by atoms with Gasteiger partial charge in [0.1, 0.15) is 0 Å². The predicted octanol–water partition coefficient (Wildman–Crippen LogP) is 3.89. The number of hydrogen-bond acceptors (Lipinski definition) is 2. The lowest BCUT2D eigenvalue weighted by molar-refractivity contribution is 0.184. The minimum Gasteiger partial charge on any atom is -0.380 e. The molecule has 0 aromatic heterocycles. The van der Waals surface area contributed by atoms with Crippen LogP contribution in [-0.4, -0.2) is 13.2 Å². The molecule has 0 fully saturated rings. The van der Waals surface area contributed by atoms with E-state index >= 15 is 0 Å². The Hall–Kier alpha value is -0.860. The third-order valence-electron chi connectivity index (χ3n) is 3.40. The molecule has 0 aliphatic heterocycles. The van der Waals surface area contributed by atoms with Gasteiger partial charge in [0.05, 0.1) is 6.61 Å². The molecule has 0 aliphatic rings. The average molecular weight is 249 g/mol. The summed E-state index contributed by atoms with van der Waals surface area (Å²) < 4.78 is 5.24. The third kappa shape index (κ3) is 5.19. The van der Waals surface area contributed by atoms with E-state index in [-0.39, 0.29) is 0 Å². The summed E-state index contributed by atoms with van der Waals surface area (Å²) in [5.74, 6) is 0. The molecule has 0 bridgehead atoms. The van der Waals surface area contributed by atoms with E-state index in [1.54, 1.807) is 7.11 Å². The molecule has 1 unspecified atom stereocenters. The van der Waals surface area contributed by atoms with Gasteiger partial charge in [0.15, 0.2) is 0 Å². The first kappa shape index (κ1) is 15.2. The largest absolute Gasteiger partial charge is 0.380 e. The zero-order valence-corrected chi connectivity index (χ0v) is 12.0. The third-order valence-corrected chi connectivity index (χ3v) is 3.40. The van der Waals surface area contributed by atoms with Crippen molar-refractivity contribution in [3.8, 4) is 0 Å². The quantitative estimate of drug-likeness (QED) is 0.717. The zero-order chi connectivity index (χ0) is 13.2. The first-order chi connectivity index (χ1) is 8.81. The zero-order valence-electron chi connectivity index (χ0n) is 12.0. The minimum absolute atomic E-state index is 0.639. The van der Waals surface area contributed by atoms with Crippen LogP contribution in [0.5, 0.6) is 0 Å². The van der Waals surface area contributed by atoms with Crippen LogP contribution in [0.25, 0.3) is 0 Å². The fourth-order valence-electron chi connectivity index (χ4n) is 2.18. The Balaban J connectivity index is 2.50. The molecule has 0 saturated carbocycles. The van der Waals surface area contributed by atoms with E-state index in [2.05, 4.69) is 43.4 Å². The van der Waals surface area contributed by atoms with Gasteiger partial charge in [0.25, 0.3) is 0 Å². The Labute approximate surface area is 112 Å². The lowest BCUT2D eigenvalue weighted by atomic mass is 10.1. The van der Waals surface area contributed by atoms with Gasteiger partial charge in [0, 0.05) is 19.7 Å². The van der Waals surface area contributed by atoms with Crippen LogP contribution in [0.15, 0.2) is 24.3 Å². The molecule has 0 spiro atoms. The summed E-state index contributed by atoms with van der Waals surface area (Å²) in [6.07, 6.45) is 5.07. The molecule has 1 aromatic carbocycles. The summed E-state index contributed by atoms with van der Waals surface area (Å²) in [4.78, 5) is 0. The Kier molecular flexibility index (Phi) is 7.70. The normalized spacial score (nSPS) is 12.6. The van der Waals surface area contributed by atoms with E-state index in [0.717, 1.165) is 6.54 Å². The van der Waals surface area contributed by atoms with E-state index in [9.17, 15) is 0 Å². The Morgan fingerprint density at radius 1 is 1.17 bits per heavy atom. The van der Waals surface area contributed by atoms with Crippen LogP contribution >= 0.6 is 0 Å². The second kappa shape index (κ2) is 9.12. The second-order valence-electron chi connectivity index (χ2n) is 4.83. The van der Waals surface area contributed by atoms with Crippen molar-refractivity contribution < 1.29 is 4.74 Å². The molecule has 1 rings (SSSR count). The highest BCUT2D eigenvalue weighted by Gasteiger charge is 2.06. The van der Waals surface area contributed by atoms with Crippen molar-refractivity contribution in [2.75, 3.05) is 7.11 Å². The van der Waals surface area contributed by atoms with Crippen molar-refractivity contribution in [3.05, 3.63) is 35.4 Å². The second-order valence-corrected chi connectivity index (χ2v) is 4.83. The maximum atomic E-state index is 5.24. The molecule has 0 amide bonds. The van der Waals surface area contributed by atoms with Gasteiger partial charge in [-0.3, -0.25) is 0 Å². The first-order valence-corrected chi connectivity index (χ1v) is 7.10. The van der Waals surface area contributed by atoms with Crippen LogP contribution in [0.3, 0.4) is 0 Å². The standard InChI is InChI=1S/C16H27NO/c1-4-6-11-16(5-2)17-12-14-9-7-8-10-15(14)13-18-3/h7-10,16-17H,4-6,11-13H2,1-3H3. The number of benzene rings is 1. The molecular formula is C16H27NO. The number of hydrogen-bond donors (Lipinski definition) is 1. The van der Waals surface area contributed by atoms with E-state index in [4.69, 9.17) is 4.74 Å². The number of rotatable bonds is 9. The molecule has 1 N–H and O–H groups in total. The summed E-state index contributed by atoms with van der Waals surface area (Å²) in [7, 11) is 1.75. The summed E-state index contributed by atoms with van der Waals surface area (Å²) in [6.45, 7) is 6.15.